The number of aromatic nitrogens is 1. The molecule has 1 aliphatic carbocycles. The van der Waals surface area contributed by atoms with Crippen molar-refractivity contribution in [1.29, 1.82) is 0 Å². The Labute approximate surface area is 165 Å². The number of ether oxygens (including phenoxy) is 1. The second-order valence-corrected chi connectivity index (χ2v) is 7.24. The quantitative estimate of drug-likeness (QED) is 0.722. The number of carbonyl (C=O) groups is 1. The van der Waals surface area contributed by atoms with E-state index in [1.807, 2.05) is 32.0 Å². The number of nitrogens with one attached hydrogen (secondary N) is 1. The van der Waals surface area contributed by atoms with Gasteiger partial charge in [0, 0.05) is 17.8 Å². The first-order valence-electron chi connectivity index (χ1n) is 9.85. The van der Waals surface area contributed by atoms with Crippen molar-refractivity contribution in [1.82, 2.24) is 10.1 Å². The number of alkyl halides is 1. The van der Waals surface area contributed by atoms with Crippen molar-refractivity contribution in [2.24, 2.45) is 0 Å². The van der Waals surface area contributed by atoms with Crippen LogP contribution in [0.15, 0.2) is 22.7 Å². The molecule has 28 heavy (non-hydrogen) atoms. The highest BCUT2D eigenvalue weighted by atomic mass is 19.1. The van der Waals surface area contributed by atoms with Crippen LogP contribution in [0.1, 0.15) is 37.1 Å². The molecular formula is C21H28FN3O3. The molecule has 2 fully saturated rings. The van der Waals surface area contributed by atoms with Crippen LogP contribution in [-0.4, -0.2) is 48.9 Å². The van der Waals surface area contributed by atoms with E-state index in [1.54, 1.807) is 0 Å². The van der Waals surface area contributed by atoms with E-state index in [2.05, 4.69) is 15.4 Å². The van der Waals surface area contributed by atoms with Gasteiger partial charge in [0.1, 0.15) is 24.3 Å². The topological polar surface area (TPSA) is 67.6 Å². The fraction of sp³-hybridized carbons (Fsp3) is 0.524. The third-order valence-corrected chi connectivity index (χ3v) is 4.88. The van der Waals surface area contributed by atoms with E-state index in [0.717, 1.165) is 60.8 Å². The summed E-state index contributed by atoms with van der Waals surface area (Å²) in [5, 5.41) is 6.71. The molecule has 0 bridgehead atoms. The van der Waals surface area contributed by atoms with Crippen LogP contribution in [0.3, 0.4) is 0 Å². The van der Waals surface area contributed by atoms with Crippen molar-refractivity contribution >= 4 is 12.1 Å². The third-order valence-electron chi connectivity index (χ3n) is 4.88. The predicted octanol–water partition coefficient (Wildman–Crippen LogP) is 4.12. The zero-order valence-corrected chi connectivity index (χ0v) is 16.5. The zero-order valence-electron chi connectivity index (χ0n) is 16.5. The average Bonchev–Trinajstić information content (AvgIpc) is 3.15. The fourth-order valence-corrected chi connectivity index (χ4v) is 3.23. The van der Waals surface area contributed by atoms with Crippen LogP contribution >= 0.6 is 0 Å². The van der Waals surface area contributed by atoms with Gasteiger partial charge in [0.05, 0.1) is 11.3 Å². The summed E-state index contributed by atoms with van der Waals surface area (Å²) in [5.74, 6) is 1.51. The highest BCUT2D eigenvalue weighted by Gasteiger charge is 2.19. The number of carbonyl (C=O) groups excluding carboxylic acids is 1. The van der Waals surface area contributed by atoms with Crippen LogP contribution in [0.25, 0.3) is 11.1 Å². The summed E-state index contributed by atoms with van der Waals surface area (Å²) in [7, 11) is 0. The number of amides is 1. The minimum absolute atomic E-state index is 0.417. The van der Waals surface area contributed by atoms with Crippen LogP contribution in [0.4, 0.5) is 10.1 Å². The van der Waals surface area contributed by atoms with Gasteiger partial charge in [-0.05, 0) is 70.8 Å². The molecule has 0 unspecified atom stereocenters. The first-order chi connectivity index (χ1) is 13.6. The van der Waals surface area contributed by atoms with E-state index in [4.69, 9.17) is 9.26 Å². The van der Waals surface area contributed by atoms with Crippen LogP contribution in [0.2, 0.25) is 0 Å². The van der Waals surface area contributed by atoms with Crippen LogP contribution in [0, 0.1) is 13.8 Å². The van der Waals surface area contributed by atoms with E-state index in [-0.39, 0.29) is 0 Å². The number of likely N-dealkylation sites (tertiary alicyclic amines) is 1. The number of aryl methyl sites for hydroxylation is 2. The van der Waals surface area contributed by atoms with Gasteiger partial charge in [0.25, 0.3) is 0 Å². The van der Waals surface area contributed by atoms with Gasteiger partial charge in [-0.1, -0.05) is 5.16 Å². The molecular weight excluding hydrogens is 361 g/mol. The zero-order chi connectivity index (χ0) is 19.9. The fourth-order valence-electron chi connectivity index (χ4n) is 3.23. The Kier molecular flexibility index (Phi) is 7.03. The molecule has 7 heteroatoms. The summed E-state index contributed by atoms with van der Waals surface area (Å²) in [4.78, 5) is 13.1. The number of nitrogens with zero attached hydrogens (tertiary/aromatic N) is 2. The lowest BCUT2D eigenvalue weighted by molar-refractivity contribution is -0.105. The van der Waals surface area contributed by atoms with E-state index < -0.39 is 6.17 Å². The molecule has 1 saturated carbocycles. The van der Waals surface area contributed by atoms with Gasteiger partial charge in [-0.25, -0.2) is 4.39 Å². The Hall–Kier alpha value is -2.41. The molecule has 1 amide bonds. The first kappa shape index (κ1) is 20.3. The number of anilines is 1. The largest absolute Gasteiger partial charge is 0.492 e. The first-order valence-corrected chi connectivity index (χ1v) is 9.85. The molecule has 1 aliphatic heterocycles. The highest BCUT2D eigenvalue weighted by Crippen LogP contribution is 2.36. The molecule has 1 aromatic heterocycles. The molecule has 2 aliphatic rings. The molecule has 2 aromatic rings. The van der Waals surface area contributed by atoms with E-state index in [0.29, 0.717) is 18.7 Å². The average molecular weight is 389 g/mol. The minimum Gasteiger partial charge on any atom is -0.492 e. The number of hydrogen-bond donors (Lipinski definition) is 1. The van der Waals surface area contributed by atoms with Crippen molar-refractivity contribution in [3.8, 4) is 16.9 Å². The maximum atomic E-state index is 11.1. The summed E-state index contributed by atoms with van der Waals surface area (Å²) in [6.45, 7) is 7.65. The number of rotatable bonds is 7. The van der Waals surface area contributed by atoms with Gasteiger partial charge in [-0.15, -0.1) is 0 Å². The molecule has 0 atom stereocenters. The van der Waals surface area contributed by atoms with Gasteiger partial charge in [-0.3, -0.25) is 9.69 Å². The van der Waals surface area contributed by atoms with Gasteiger partial charge in [-0.2, -0.15) is 0 Å². The lowest BCUT2D eigenvalue weighted by atomic mass is 10.0. The molecule has 1 aromatic carbocycles. The normalized spacial score (nSPS) is 16.4. The Bertz CT molecular complexity index is 764. The second-order valence-electron chi connectivity index (χ2n) is 7.24. The van der Waals surface area contributed by atoms with Crippen molar-refractivity contribution < 1.29 is 18.4 Å². The molecule has 1 N–H and O–H groups in total. The molecule has 0 radical (unpaired) electrons. The van der Waals surface area contributed by atoms with E-state index in [9.17, 15) is 9.18 Å². The van der Waals surface area contributed by atoms with Gasteiger partial charge >= 0.3 is 0 Å². The standard InChI is InChI=1S/C18H23N3O3.C3H5F/c1-13-18(14(2)24-20-13)16-11-15(19-12-22)5-6-17(16)23-10-9-21-7-3-4-8-21;4-3-1-2-3/h5-6,11-12H,3-4,7-10H2,1-2H3,(H,19,22);3H,1-2H2. The molecule has 6 nitrogen and oxygen atoms in total. The molecule has 1 saturated heterocycles. The Balaban J connectivity index is 0.000000500. The van der Waals surface area contributed by atoms with Gasteiger partial charge in [0.15, 0.2) is 0 Å². The van der Waals surface area contributed by atoms with Crippen LogP contribution < -0.4 is 10.1 Å². The lowest BCUT2D eigenvalue weighted by Crippen LogP contribution is -2.25. The summed E-state index contributed by atoms with van der Waals surface area (Å²) in [6.07, 6.45) is 4.44. The summed E-state index contributed by atoms with van der Waals surface area (Å²) in [5.41, 5.74) is 3.33. The molecule has 2 heterocycles. The van der Waals surface area contributed by atoms with Gasteiger partial charge < -0.3 is 14.6 Å². The van der Waals surface area contributed by atoms with Crippen LogP contribution in [-0.2, 0) is 4.79 Å². The third kappa shape index (κ3) is 5.55. The Morgan fingerprint density at radius 1 is 1.32 bits per heavy atom. The summed E-state index contributed by atoms with van der Waals surface area (Å²) < 4.78 is 22.4. The number of halogens is 1. The SMILES string of the molecule is Cc1noc(C)c1-c1cc(NC=O)ccc1OCCN1CCCC1.FC1CC1. The number of hydrogen-bond acceptors (Lipinski definition) is 5. The smallest absolute Gasteiger partial charge is 0.211 e. The Morgan fingerprint density at radius 3 is 2.61 bits per heavy atom. The monoisotopic (exact) mass is 389 g/mol. The van der Waals surface area contributed by atoms with Crippen molar-refractivity contribution in [3.63, 3.8) is 0 Å². The van der Waals surface area contributed by atoms with Crippen LogP contribution in [0.5, 0.6) is 5.75 Å². The molecule has 0 spiro atoms. The van der Waals surface area contributed by atoms with E-state index >= 15 is 0 Å². The predicted molar refractivity (Wildman–Crippen MR) is 106 cm³/mol. The van der Waals surface area contributed by atoms with Crippen molar-refractivity contribution in [3.05, 3.63) is 29.7 Å². The Morgan fingerprint density at radius 2 is 2.04 bits per heavy atom. The molecule has 4 rings (SSSR count). The summed E-state index contributed by atoms with van der Waals surface area (Å²) >= 11 is 0. The maximum absolute atomic E-state index is 11.1. The van der Waals surface area contributed by atoms with Gasteiger partial charge in [0.2, 0.25) is 6.41 Å². The van der Waals surface area contributed by atoms with Crippen molar-refractivity contribution in [2.45, 2.75) is 45.7 Å². The summed E-state index contributed by atoms with van der Waals surface area (Å²) in [6, 6.07) is 5.62. The highest BCUT2D eigenvalue weighted by molar-refractivity contribution is 5.80. The maximum Gasteiger partial charge on any atom is 0.211 e. The van der Waals surface area contributed by atoms with Crippen molar-refractivity contribution in [2.75, 3.05) is 31.6 Å². The number of benzene rings is 1. The second kappa shape index (κ2) is 9.68. The van der Waals surface area contributed by atoms with E-state index in [1.165, 1.54) is 12.8 Å². The minimum atomic E-state index is -0.417. The lowest BCUT2D eigenvalue weighted by Gasteiger charge is -2.17. The molecule has 152 valence electrons.